The van der Waals surface area contributed by atoms with Crippen LogP contribution < -0.4 is 15.0 Å². The number of fused-ring (bicyclic) bond motifs is 1. The van der Waals surface area contributed by atoms with Crippen LogP contribution >= 0.6 is 15.9 Å². The summed E-state index contributed by atoms with van der Waals surface area (Å²) in [6.45, 7) is 1.21. The van der Waals surface area contributed by atoms with Crippen LogP contribution in [-0.4, -0.2) is 35.6 Å². The summed E-state index contributed by atoms with van der Waals surface area (Å²) in [6, 6.07) is 11.0. The normalized spacial score (nSPS) is 11.1. The lowest BCUT2D eigenvalue weighted by molar-refractivity contribution is 0.305. The molecule has 0 aliphatic carbocycles. The van der Waals surface area contributed by atoms with Gasteiger partial charge in [0.15, 0.2) is 0 Å². The average molecular weight is 418 g/mol. The van der Waals surface area contributed by atoms with Crippen molar-refractivity contribution in [3.63, 3.8) is 0 Å². The zero-order valence-corrected chi connectivity index (χ0v) is 16.5. The highest BCUT2D eigenvalue weighted by molar-refractivity contribution is 9.10. The maximum absolute atomic E-state index is 12.3. The molecule has 2 aromatic heterocycles. The molecule has 2 heterocycles. The molecule has 0 fully saturated rings. The maximum atomic E-state index is 12.3. The maximum Gasteiger partial charge on any atom is 0.258 e. The Hall–Kier alpha value is -2.38. The Balaban J connectivity index is 1.80. The van der Waals surface area contributed by atoms with E-state index in [2.05, 4.69) is 25.8 Å². The third-order valence-corrected chi connectivity index (χ3v) is 4.51. The van der Waals surface area contributed by atoms with Crippen molar-refractivity contribution in [3.8, 4) is 11.5 Å². The van der Waals surface area contributed by atoms with Gasteiger partial charge in [-0.1, -0.05) is 6.07 Å². The minimum atomic E-state index is -0.0956. The van der Waals surface area contributed by atoms with E-state index in [9.17, 15) is 4.79 Å². The molecular formula is C19H20BrN3O3. The Labute approximate surface area is 160 Å². The van der Waals surface area contributed by atoms with Gasteiger partial charge in [-0.15, -0.1) is 0 Å². The average Bonchev–Trinajstić information content (AvgIpc) is 2.62. The number of pyridine rings is 1. The van der Waals surface area contributed by atoms with Crippen molar-refractivity contribution >= 4 is 21.6 Å². The second-order valence-corrected chi connectivity index (χ2v) is 6.93. The molecule has 3 rings (SSSR count). The van der Waals surface area contributed by atoms with Gasteiger partial charge in [0.05, 0.1) is 19.9 Å². The lowest BCUT2D eigenvalue weighted by Crippen LogP contribution is -2.22. The molecule has 0 atom stereocenters. The highest BCUT2D eigenvalue weighted by Gasteiger charge is 2.10. The second kappa shape index (κ2) is 7.88. The molecule has 0 spiro atoms. The molecule has 0 unspecified atom stereocenters. The summed E-state index contributed by atoms with van der Waals surface area (Å²) in [4.78, 5) is 19.0. The summed E-state index contributed by atoms with van der Waals surface area (Å²) in [5.74, 6) is 1.52. The molecule has 3 aromatic rings. The summed E-state index contributed by atoms with van der Waals surface area (Å²) < 4.78 is 13.0. The van der Waals surface area contributed by atoms with Crippen molar-refractivity contribution in [2.24, 2.45) is 0 Å². The number of nitrogens with zero attached hydrogens (tertiary/aromatic N) is 3. The predicted molar refractivity (Wildman–Crippen MR) is 104 cm³/mol. The van der Waals surface area contributed by atoms with Crippen LogP contribution in [-0.2, 0) is 13.1 Å². The van der Waals surface area contributed by atoms with Gasteiger partial charge in [-0.3, -0.25) is 14.1 Å². The van der Waals surface area contributed by atoms with Crippen molar-refractivity contribution in [3.05, 3.63) is 68.7 Å². The molecule has 0 N–H and O–H groups in total. The van der Waals surface area contributed by atoms with E-state index in [0.717, 1.165) is 27.2 Å². The van der Waals surface area contributed by atoms with Gasteiger partial charge >= 0.3 is 0 Å². The lowest BCUT2D eigenvalue weighted by Gasteiger charge is -2.18. The van der Waals surface area contributed by atoms with Gasteiger partial charge in [0.25, 0.3) is 5.56 Å². The predicted octanol–water partition coefficient (Wildman–Crippen LogP) is 3.11. The Morgan fingerprint density at radius 1 is 1.12 bits per heavy atom. The molecule has 0 aliphatic heterocycles. The van der Waals surface area contributed by atoms with Crippen LogP contribution in [0.5, 0.6) is 11.5 Å². The van der Waals surface area contributed by atoms with Gasteiger partial charge in [0.2, 0.25) is 0 Å². The Morgan fingerprint density at radius 2 is 1.92 bits per heavy atom. The van der Waals surface area contributed by atoms with Gasteiger partial charge in [-0.05, 0) is 41.2 Å². The zero-order valence-electron chi connectivity index (χ0n) is 14.9. The van der Waals surface area contributed by atoms with Gasteiger partial charge in [-0.25, -0.2) is 4.98 Å². The fourth-order valence-corrected chi connectivity index (χ4v) is 3.15. The monoisotopic (exact) mass is 417 g/mol. The van der Waals surface area contributed by atoms with Crippen LogP contribution in [0.4, 0.5) is 0 Å². The molecular weight excluding hydrogens is 398 g/mol. The highest BCUT2D eigenvalue weighted by atomic mass is 79.9. The van der Waals surface area contributed by atoms with Gasteiger partial charge in [0, 0.05) is 41.5 Å². The number of halogens is 1. The first-order valence-corrected chi connectivity index (χ1v) is 8.86. The van der Waals surface area contributed by atoms with Crippen LogP contribution in [0.2, 0.25) is 0 Å². The molecule has 1 aromatic carbocycles. The standard InChI is InChI=1S/C19H20BrN3O3/c1-22(10-13-4-6-16(25-2)9-17(13)26-3)12-15-8-19(24)23-11-14(20)5-7-18(23)21-15/h4-9,11H,10,12H2,1-3H3. The SMILES string of the molecule is COc1ccc(CN(C)Cc2cc(=O)n3cc(Br)ccc3n2)c(OC)c1. The smallest absolute Gasteiger partial charge is 0.258 e. The van der Waals surface area contributed by atoms with Crippen molar-refractivity contribution in [2.45, 2.75) is 13.1 Å². The Bertz CT molecular complexity index is 987. The van der Waals surface area contributed by atoms with E-state index < -0.39 is 0 Å². The molecule has 0 radical (unpaired) electrons. The Morgan fingerprint density at radius 3 is 2.65 bits per heavy atom. The van der Waals surface area contributed by atoms with E-state index in [1.807, 2.05) is 37.4 Å². The molecule has 0 bridgehead atoms. The van der Waals surface area contributed by atoms with Crippen LogP contribution in [0.1, 0.15) is 11.3 Å². The first-order valence-electron chi connectivity index (χ1n) is 8.07. The van der Waals surface area contributed by atoms with Crippen molar-refractivity contribution in [2.75, 3.05) is 21.3 Å². The number of hydrogen-bond acceptors (Lipinski definition) is 5. The first-order chi connectivity index (χ1) is 12.5. The minimum Gasteiger partial charge on any atom is -0.497 e. The van der Waals surface area contributed by atoms with E-state index in [1.165, 1.54) is 4.40 Å². The number of rotatable bonds is 6. The van der Waals surface area contributed by atoms with E-state index in [-0.39, 0.29) is 5.56 Å². The summed E-state index contributed by atoms with van der Waals surface area (Å²) in [6.07, 6.45) is 1.72. The number of methoxy groups -OCH3 is 2. The largest absolute Gasteiger partial charge is 0.497 e. The summed E-state index contributed by atoms with van der Waals surface area (Å²) >= 11 is 3.37. The van der Waals surface area contributed by atoms with Gasteiger partial charge < -0.3 is 9.47 Å². The molecule has 0 aliphatic rings. The minimum absolute atomic E-state index is 0.0956. The third kappa shape index (κ3) is 4.05. The first kappa shape index (κ1) is 18.4. The molecule has 0 amide bonds. The molecule has 0 saturated carbocycles. The van der Waals surface area contributed by atoms with E-state index in [1.54, 1.807) is 26.5 Å². The van der Waals surface area contributed by atoms with Gasteiger partial charge in [-0.2, -0.15) is 0 Å². The number of aromatic nitrogens is 2. The van der Waals surface area contributed by atoms with E-state index in [0.29, 0.717) is 18.7 Å². The molecule has 136 valence electrons. The second-order valence-electron chi connectivity index (χ2n) is 6.01. The summed E-state index contributed by atoms with van der Waals surface area (Å²) in [5.41, 5.74) is 2.30. The van der Waals surface area contributed by atoms with Crippen molar-refractivity contribution in [1.29, 1.82) is 0 Å². The van der Waals surface area contributed by atoms with Crippen LogP contribution in [0, 0.1) is 0 Å². The van der Waals surface area contributed by atoms with Crippen LogP contribution in [0.3, 0.4) is 0 Å². The number of hydrogen-bond donors (Lipinski definition) is 0. The highest BCUT2D eigenvalue weighted by Crippen LogP contribution is 2.25. The van der Waals surface area contributed by atoms with Crippen molar-refractivity contribution < 1.29 is 9.47 Å². The topological polar surface area (TPSA) is 56.1 Å². The number of ether oxygens (including phenoxy) is 2. The quantitative estimate of drug-likeness (QED) is 0.616. The van der Waals surface area contributed by atoms with Gasteiger partial charge in [0.1, 0.15) is 17.1 Å². The van der Waals surface area contributed by atoms with E-state index in [4.69, 9.17) is 9.47 Å². The van der Waals surface area contributed by atoms with Crippen molar-refractivity contribution in [1.82, 2.24) is 14.3 Å². The zero-order chi connectivity index (χ0) is 18.7. The molecule has 26 heavy (non-hydrogen) atoms. The lowest BCUT2D eigenvalue weighted by atomic mass is 10.1. The third-order valence-electron chi connectivity index (χ3n) is 4.04. The summed E-state index contributed by atoms with van der Waals surface area (Å²) in [7, 11) is 5.25. The fraction of sp³-hybridized carbons (Fsp3) is 0.263. The van der Waals surface area contributed by atoms with Crippen LogP contribution in [0.25, 0.3) is 5.65 Å². The molecule has 6 nitrogen and oxygen atoms in total. The fourth-order valence-electron chi connectivity index (χ4n) is 2.81. The summed E-state index contributed by atoms with van der Waals surface area (Å²) in [5, 5.41) is 0. The van der Waals surface area contributed by atoms with Crippen LogP contribution in [0.15, 0.2) is 51.9 Å². The Kier molecular flexibility index (Phi) is 5.58. The number of benzene rings is 1. The molecule has 0 saturated heterocycles. The molecule has 7 heteroatoms. The van der Waals surface area contributed by atoms with E-state index >= 15 is 0 Å².